The second kappa shape index (κ2) is 3.93. The number of nitrogens with one attached hydrogen (secondary N) is 2. The topological polar surface area (TPSA) is 41.1 Å². The number of carbonyl (C=O) groups is 1. The molecule has 1 heterocycles. The number of para-hydroxylation sites is 1. The van der Waals surface area contributed by atoms with Gasteiger partial charge in [-0.1, -0.05) is 26.0 Å². The molecule has 1 aliphatic rings. The van der Waals surface area contributed by atoms with Crippen molar-refractivity contribution in [2.75, 3.05) is 10.6 Å². The van der Waals surface area contributed by atoms with Gasteiger partial charge in [-0.3, -0.25) is 4.79 Å². The highest BCUT2D eigenvalue weighted by atomic mass is 16.2. The molecule has 80 valence electrons. The maximum absolute atomic E-state index is 11.6. The Morgan fingerprint density at radius 1 is 1.33 bits per heavy atom. The molecule has 0 fully saturated rings. The third kappa shape index (κ3) is 1.69. The summed E-state index contributed by atoms with van der Waals surface area (Å²) in [5, 5.41) is 6.24. The largest absolute Gasteiger partial charge is 0.372 e. The van der Waals surface area contributed by atoms with Crippen LogP contribution in [0, 0.1) is 0 Å². The summed E-state index contributed by atoms with van der Waals surface area (Å²) in [5.74, 6) is 0.0678. The minimum absolute atomic E-state index is 0.0678. The van der Waals surface area contributed by atoms with Crippen molar-refractivity contribution in [2.24, 2.45) is 0 Å². The number of anilines is 2. The van der Waals surface area contributed by atoms with E-state index in [-0.39, 0.29) is 11.9 Å². The summed E-state index contributed by atoms with van der Waals surface area (Å²) in [7, 11) is 0. The first-order valence-corrected chi connectivity index (χ1v) is 5.45. The van der Waals surface area contributed by atoms with Crippen LogP contribution < -0.4 is 10.6 Å². The Morgan fingerprint density at radius 2 is 2.13 bits per heavy atom. The molecule has 1 aromatic rings. The summed E-state index contributed by atoms with van der Waals surface area (Å²) >= 11 is 0. The quantitative estimate of drug-likeness (QED) is 0.776. The first kappa shape index (κ1) is 10.0. The Labute approximate surface area is 89.9 Å². The molecule has 1 aromatic carbocycles. The molecule has 1 amide bonds. The van der Waals surface area contributed by atoms with Gasteiger partial charge < -0.3 is 10.6 Å². The van der Waals surface area contributed by atoms with Crippen LogP contribution >= 0.6 is 0 Å². The third-order valence-electron chi connectivity index (χ3n) is 2.83. The van der Waals surface area contributed by atoms with Crippen LogP contribution in [0.2, 0.25) is 0 Å². The maximum atomic E-state index is 11.6. The van der Waals surface area contributed by atoms with Gasteiger partial charge in [-0.2, -0.15) is 0 Å². The van der Waals surface area contributed by atoms with Gasteiger partial charge in [0.25, 0.3) is 0 Å². The standard InChI is InChI=1S/C12H16N2O/c1-3-8-6-5-7-10-11(8)13-9(4-2)12(15)14-10/h5-7,9,13H,3-4H2,1-2H3,(H,14,15). The first-order valence-electron chi connectivity index (χ1n) is 5.45. The Kier molecular flexibility index (Phi) is 2.62. The molecule has 0 saturated carbocycles. The van der Waals surface area contributed by atoms with Crippen LogP contribution in [-0.2, 0) is 11.2 Å². The Hall–Kier alpha value is -1.51. The highest BCUT2D eigenvalue weighted by Gasteiger charge is 2.24. The van der Waals surface area contributed by atoms with Gasteiger partial charge in [-0.15, -0.1) is 0 Å². The lowest BCUT2D eigenvalue weighted by atomic mass is 10.0. The normalized spacial score (nSPS) is 19.1. The van der Waals surface area contributed by atoms with Crippen molar-refractivity contribution in [3.63, 3.8) is 0 Å². The number of hydrogen-bond acceptors (Lipinski definition) is 2. The summed E-state index contributed by atoms with van der Waals surface area (Å²) in [6, 6.07) is 5.91. The van der Waals surface area contributed by atoms with Crippen LogP contribution in [0.25, 0.3) is 0 Å². The molecule has 2 rings (SSSR count). The second-order valence-electron chi connectivity index (χ2n) is 3.79. The van der Waals surface area contributed by atoms with Crippen LogP contribution in [-0.4, -0.2) is 11.9 Å². The van der Waals surface area contributed by atoms with Crippen molar-refractivity contribution < 1.29 is 4.79 Å². The molecule has 2 N–H and O–H groups in total. The molecule has 3 nitrogen and oxygen atoms in total. The van der Waals surface area contributed by atoms with Gasteiger partial charge in [-0.05, 0) is 24.5 Å². The second-order valence-corrected chi connectivity index (χ2v) is 3.79. The smallest absolute Gasteiger partial charge is 0.246 e. The molecule has 1 unspecified atom stereocenters. The molecular formula is C12H16N2O. The first-order chi connectivity index (χ1) is 7.26. The van der Waals surface area contributed by atoms with E-state index in [0.717, 1.165) is 24.2 Å². The average Bonchev–Trinajstić information content (AvgIpc) is 2.27. The molecule has 0 aliphatic carbocycles. The number of aryl methyl sites for hydroxylation is 1. The van der Waals surface area contributed by atoms with Crippen molar-refractivity contribution in [3.8, 4) is 0 Å². The third-order valence-corrected chi connectivity index (χ3v) is 2.83. The summed E-state index contributed by atoms with van der Waals surface area (Å²) in [6.07, 6.45) is 1.78. The maximum Gasteiger partial charge on any atom is 0.246 e. The lowest BCUT2D eigenvalue weighted by Crippen LogP contribution is -2.38. The van der Waals surface area contributed by atoms with Crippen LogP contribution in [0.4, 0.5) is 11.4 Å². The highest BCUT2D eigenvalue weighted by molar-refractivity contribution is 6.03. The fraction of sp³-hybridized carbons (Fsp3) is 0.417. The number of carbonyl (C=O) groups excluding carboxylic acids is 1. The van der Waals surface area contributed by atoms with E-state index in [9.17, 15) is 4.79 Å². The van der Waals surface area contributed by atoms with Gasteiger partial charge in [0.15, 0.2) is 0 Å². The summed E-state index contributed by atoms with van der Waals surface area (Å²) in [5.41, 5.74) is 3.25. The van der Waals surface area contributed by atoms with Crippen LogP contribution in [0.15, 0.2) is 18.2 Å². The minimum Gasteiger partial charge on any atom is -0.372 e. The van der Waals surface area contributed by atoms with Crippen molar-refractivity contribution in [2.45, 2.75) is 32.7 Å². The molecule has 0 radical (unpaired) electrons. The fourth-order valence-electron chi connectivity index (χ4n) is 1.92. The zero-order chi connectivity index (χ0) is 10.8. The predicted octanol–water partition coefficient (Wildman–Crippen LogP) is 2.39. The molecule has 0 spiro atoms. The van der Waals surface area contributed by atoms with Gasteiger partial charge in [0, 0.05) is 0 Å². The monoisotopic (exact) mass is 204 g/mol. The predicted molar refractivity (Wildman–Crippen MR) is 62.2 cm³/mol. The van der Waals surface area contributed by atoms with Crippen molar-refractivity contribution in [1.82, 2.24) is 0 Å². The van der Waals surface area contributed by atoms with E-state index in [2.05, 4.69) is 23.6 Å². The van der Waals surface area contributed by atoms with Gasteiger partial charge in [-0.25, -0.2) is 0 Å². The fourth-order valence-corrected chi connectivity index (χ4v) is 1.92. The Bertz CT molecular complexity index is 387. The number of hydrogen-bond donors (Lipinski definition) is 2. The minimum atomic E-state index is -0.0924. The van der Waals surface area contributed by atoms with Gasteiger partial charge in [0.2, 0.25) is 5.91 Å². The van der Waals surface area contributed by atoms with E-state index in [0.29, 0.717) is 0 Å². The lowest BCUT2D eigenvalue weighted by molar-refractivity contribution is -0.117. The lowest BCUT2D eigenvalue weighted by Gasteiger charge is -2.27. The van der Waals surface area contributed by atoms with Crippen molar-refractivity contribution in [3.05, 3.63) is 23.8 Å². The summed E-state index contributed by atoms with van der Waals surface area (Å²) in [4.78, 5) is 11.6. The van der Waals surface area contributed by atoms with E-state index in [1.807, 2.05) is 19.1 Å². The van der Waals surface area contributed by atoms with Gasteiger partial charge >= 0.3 is 0 Å². The molecule has 0 aromatic heterocycles. The molecule has 1 atom stereocenters. The summed E-state index contributed by atoms with van der Waals surface area (Å²) < 4.78 is 0. The van der Waals surface area contributed by atoms with Gasteiger partial charge in [0.1, 0.15) is 6.04 Å². The molecule has 0 saturated heterocycles. The molecule has 3 heteroatoms. The number of fused-ring (bicyclic) bond motifs is 1. The van der Waals surface area contributed by atoms with E-state index < -0.39 is 0 Å². The van der Waals surface area contributed by atoms with Crippen LogP contribution in [0.1, 0.15) is 25.8 Å². The Morgan fingerprint density at radius 3 is 2.80 bits per heavy atom. The van der Waals surface area contributed by atoms with Crippen molar-refractivity contribution in [1.29, 1.82) is 0 Å². The summed E-state index contributed by atoms with van der Waals surface area (Å²) in [6.45, 7) is 4.13. The van der Waals surface area contributed by atoms with Crippen LogP contribution in [0.5, 0.6) is 0 Å². The average molecular weight is 204 g/mol. The SMILES string of the molecule is CCc1cccc2c1NC(CC)C(=O)N2. The van der Waals surface area contributed by atoms with Gasteiger partial charge in [0.05, 0.1) is 11.4 Å². The number of rotatable bonds is 2. The van der Waals surface area contributed by atoms with E-state index >= 15 is 0 Å². The van der Waals surface area contributed by atoms with Crippen LogP contribution in [0.3, 0.4) is 0 Å². The molecular weight excluding hydrogens is 188 g/mol. The zero-order valence-electron chi connectivity index (χ0n) is 9.13. The van der Waals surface area contributed by atoms with E-state index in [4.69, 9.17) is 0 Å². The Balaban J connectivity index is 2.40. The van der Waals surface area contributed by atoms with E-state index in [1.165, 1.54) is 5.56 Å². The zero-order valence-corrected chi connectivity index (χ0v) is 9.13. The number of benzene rings is 1. The van der Waals surface area contributed by atoms with E-state index in [1.54, 1.807) is 0 Å². The highest BCUT2D eigenvalue weighted by Crippen LogP contribution is 2.31. The molecule has 1 aliphatic heterocycles. The molecule has 15 heavy (non-hydrogen) atoms. The number of amides is 1. The molecule has 0 bridgehead atoms. The van der Waals surface area contributed by atoms with Crippen molar-refractivity contribution >= 4 is 17.3 Å².